The number of benzene rings is 2. The van der Waals surface area contributed by atoms with Crippen LogP contribution in [0, 0.1) is 5.92 Å². The maximum Gasteiger partial charge on any atom is 0.336 e. The highest BCUT2D eigenvalue weighted by Crippen LogP contribution is 2.11. The van der Waals surface area contributed by atoms with Gasteiger partial charge in [-0.25, -0.2) is 4.79 Å². The van der Waals surface area contributed by atoms with Crippen molar-refractivity contribution >= 4 is 23.7 Å². The summed E-state index contributed by atoms with van der Waals surface area (Å²) >= 11 is 0. The molecule has 0 unspecified atom stereocenters. The highest BCUT2D eigenvalue weighted by atomic mass is 16.5. The molecule has 3 atom stereocenters. The quantitative estimate of drug-likeness (QED) is 0.222. The second kappa shape index (κ2) is 15.2. The Balaban J connectivity index is 2.09. The fourth-order valence-electron chi connectivity index (χ4n) is 3.78. The lowest BCUT2D eigenvalue weighted by Crippen LogP contribution is -2.56. The van der Waals surface area contributed by atoms with E-state index in [9.17, 15) is 24.3 Å². The zero-order valence-electron chi connectivity index (χ0n) is 22.1. The standard InChI is InChI=1S/C29H37N3O6/c1-19(2)17-25(31-27(35)24(30-21(4)34)16-15-22-11-7-5-8-12-22)28(36)32-26(20(3)33)29(37)38-18-23-13-9-6-10-14-23/h5-14,19,24-26,33H,3,15-18H2,1-2,4H3,(H,30,34)(H,31,35)(H,32,36)/t24-,25-,26-/m0/s1. The fourth-order valence-corrected chi connectivity index (χ4v) is 3.78. The van der Waals surface area contributed by atoms with E-state index in [-0.39, 0.29) is 24.9 Å². The van der Waals surface area contributed by atoms with Gasteiger partial charge in [0.15, 0.2) is 6.04 Å². The Kier molecular flexibility index (Phi) is 12.0. The smallest absolute Gasteiger partial charge is 0.336 e. The van der Waals surface area contributed by atoms with Gasteiger partial charge in [0.25, 0.3) is 0 Å². The van der Waals surface area contributed by atoms with Crippen molar-refractivity contribution in [2.75, 3.05) is 0 Å². The minimum absolute atomic E-state index is 0.00963. The van der Waals surface area contributed by atoms with E-state index < -0.39 is 41.7 Å². The zero-order valence-corrected chi connectivity index (χ0v) is 22.1. The van der Waals surface area contributed by atoms with E-state index in [1.807, 2.05) is 50.2 Å². The molecule has 2 aromatic carbocycles. The van der Waals surface area contributed by atoms with E-state index in [2.05, 4.69) is 22.5 Å². The van der Waals surface area contributed by atoms with E-state index in [0.717, 1.165) is 11.1 Å². The predicted molar refractivity (Wildman–Crippen MR) is 144 cm³/mol. The van der Waals surface area contributed by atoms with Crippen molar-refractivity contribution in [3.8, 4) is 0 Å². The van der Waals surface area contributed by atoms with Crippen LogP contribution in [0.4, 0.5) is 0 Å². The van der Waals surface area contributed by atoms with Crippen molar-refractivity contribution in [1.29, 1.82) is 0 Å². The molecule has 2 rings (SSSR count). The molecule has 0 aromatic heterocycles. The Labute approximate surface area is 223 Å². The second-order valence-corrected chi connectivity index (χ2v) is 9.49. The summed E-state index contributed by atoms with van der Waals surface area (Å²) in [6, 6.07) is 15.1. The third-order valence-corrected chi connectivity index (χ3v) is 5.68. The van der Waals surface area contributed by atoms with Gasteiger partial charge in [0.1, 0.15) is 24.4 Å². The summed E-state index contributed by atoms with van der Waals surface area (Å²) < 4.78 is 5.24. The number of aryl methyl sites for hydroxylation is 1. The number of amides is 3. The molecule has 38 heavy (non-hydrogen) atoms. The third-order valence-electron chi connectivity index (χ3n) is 5.68. The van der Waals surface area contributed by atoms with Crippen LogP contribution in [0.15, 0.2) is 73.0 Å². The SMILES string of the molecule is C=C(O)[C@H](NC(=O)[C@H](CC(C)C)NC(=O)[C@H](CCc1ccccc1)NC(C)=O)C(=O)OCc1ccccc1. The summed E-state index contributed by atoms with van der Waals surface area (Å²) in [4.78, 5) is 50.7. The highest BCUT2D eigenvalue weighted by molar-refractivity contribution is 5.93. The lowest BCUT2D eigenvalue weighted by atomic mass is 10.0. The Morgan fingerprint density at radius 3 is 1.92 bits per heavy atom. The van der Waals surface area contributed by atoms with Crippen LogP contribution in [0.25, 0.3) is 0 Å². The zero-order chi connectivity index (χ0) is 28.1. The van der Waals surface area contributed by atoms with Gasteiger partial charge in [-0.05, 0) is 36.3 Å². The van der Waals surface area contributed by atoms with Crippen LogP contribution in [0.2, 0.25) is 0 Å². The summed E-state index contributed by atoms with van der Waals surface area (Å²) in [7, 11) is 0. The van der Waals surface area contributed by atoms with Crippen molar-refractivity contribution in [2.24, 2.45) is 5.92 Å². The minimum Gasteiger partial charge on any atom is -0.510 e. The van der Waals surface area contributed by atoms with E-state index in [1.54, 1.807) is 24.3 Å². The summed E-state index contributed by atoms with van der Waals surface area (Å²) in [6.45, 7) is 8.41. The van der Waals surface area contributed by atoms with Gasteiger partial charge in [-0.3, -0.25) is 14.4 Å². The number of nitrogens with one attached hydrogen (secondary N) is 3. The highest BCUT2D eigenvalue weighted by Gasteiger charge is 2.31. The Morgan fingerprint density at radius 1 is 0.842 bits per heavy atom. The van der Waals surface area contributed by atoms with Crippen LogP contribution in [0.1, 0.15) is 44.7 Å². The van der Waals surface area contributed by atoms with Crippen molar-refractivity contribution in [3.63, 3.8) is 0 Å². The summed E-state index contributed by atoms with van der Waals surface area (Å²) in [5, 5.41) is 17.8. The fraction of sp³-hybridized carbons (Fsp3) is 0.379. The molecule has 9 nitrogen and oxygen atoms in total. The van der Waals surface area contributed by atoms with Gasteiger partial charge < -0.3 is 25.8 Å². The monoisotopic (exact) mass is 523 g/mol. The Morgan fingerprint density at radius 2 is 1.39 bits per heavy atom. The maximum absolute atomic E-state index is 13.2. The van der Waals surface area contributed by atoms with Crippen molar-refractivity contribution in [3.05, 3.63) is 84.1 Å². The van der Waals surface area contributed by atoms with Gasteiger partial charge in [-0.1, -0.05) is 81.1 Å². The normalized spacial score (nSPS) is 13.1. The summed E-state index contributed by atoms with van der Waals surface area (Å²) in [5.41, 5.74) is 1.74. The van der Waals surface area contributed by atoms with Crippen molar-refractivity contribution in [1.82, 2.24) is 16.0 Å². The number of hydrogen-bond acceptors (Lipinski definition) is 6. The number of hydrogen-bond donors (Lipinski definition) is 4. The number of carbonyl (C=O) groups excluding carboxylic acids is 4. The number of rotatable bonds is 14. The molecule has 9 heteroatoms. The molecule has 0 aliphatic heterocycles. The third kappa shape index (κ3) is 10.5. The second-order valence-electron chi connectivity index (χ2n) is 9.49. The predicted octanol–water partition coefficient (Wildman–Crippen LogP) is 2.95. The van der Waals surface area contributed by atoms with Gasteiger partial charge in [0.05, 0.1) is 0 Å². The van der Waals surface area contributed by atoms with Gasteiger partial charge in [-0.15, -0.1) is 0 Å². The van der Waals surface area contributed by atoms with Crippen LogP contribution in [-0.4, -0.2) is 46.9 Å². The Bertz CT molecular complexity index is 1090. The van der Waals surface area contributed by atoms with Gasteiger partial charge in [0.2, 0.25) is 17.7 Å². The van der Waals surface area contributed by atoms with Gasteiger partial charge in [-0.2, -0.15) is 0 Å². The van der Waals surface area contributed by atoms with Crippen LogP contribution < -0.4 is 16.0 Å². The molecule has 0 bridgehead atoms. The lowest BCUT2D eigenvalue weighted by molar-refractivity contribution is -0.149. The van der Waals surface area contributed by atoms with E-state index in [1.165, 1.54) is 6.92 Å². The number of ether oxygens (including phenoxy) is 1. The number of carbonyl (C=O) groups is 4. The molecule has 204 valence electrons. The van der Waals surface area contributed by atoms with E-state index in [4.69, 9.17) is 4.74 Å². The van der Waals surface area contributed by atoms with Crippen LogP contribution in [0.5, 0.6) is 0 Å². The van der Waals surface area contributed by atoms with Gasteiger partial charge in [0, 0.05) is 6.92 Å². The van der Waals surface area contributed by atoms with E-state index >= 15 is 0 Å². The molecule has 0 aliphatic carbocycles. The van der Waals surface area contributed by atoms with Crippen LogP contribution >= 0.6 is 0 Å². The molecular weight excluding hydrogens is 486 g/mol. The molecule has 0 heterocycles. The summed E-state index contributed by atoms with van der Waals surface area (Å²) in [6.07, 6.45) is 1.12. The van der Waals surface area contributed by atoms with Gasteiger partial charge >= 0.3 is 5.97 Å². The molecule has 0 aliphatic rings. The first-order chi connectivity index (χ1) is 18.1. The van der Waals surface area contributed by atoms with Crippen molar-refractivity contribution < 1.29 is 29.0 Å². The van der Waals surface area contributed by atoms with Crippen molar-refractivity contribution in [2.45, 2.75) is 64.8 Å². The molecule has 0 radical (unpaired) electrons. The number of esters is 1. The molecule has 0 fully saturated rings. The summed E-state index contributed by atoms with van der Waals surface area (Å²) in [5.74, 6) is -3.05. The minimum atomic E-state index is -1.51. The van der Waals surface area contributed by atoms with Crippen LogP contribution in [0.3, 0.4) is 0 Å². The largest absolute Gasteiger partial charge is 0.510 e. The molecule has 4 N–H and O–H groups in total. The Hall–Kier alpha value is -4.14. The lowest BCUT2D eigenvalue weighted by Gasteiger charge is -2.25. The average molecular weight is 524 g/mol. The molecule has 0 spiro atoms. The maximum atomic E-state index is 13.2. The molecule has 3 amide bonds. The number of aliphatic hydroxyl groups excluding tert-OH is 1. The number of aliphatic hydroxyl groups is 1. The van der Waals surface area contributed by atoms with E-state index in [0.29, 0.717) is 12.8 Å². The molecule has 0 saturated carbocycles. The topological polar surface area (TPSA) is 134 Å². The molecular formula is C29H37N3O6. The van der Waals surface area contributed by atoms with Crippen LogP contribution in [-0.2, 0) is 36.9 Å². The average Bonchev–Trinajstić information content (AvgIpc) is 2.88. The molecule has 0 saturated heterocycles. The molecule has 2 aromatic rings. The first kappa shape index (κ1) is 30.1. The first-order valence-corrected chi connectivity index (χ1v) is 12.6. The first-order valence-electron chi connectivity index (χ1n) is 12.6.